The number of carbonyl (C=O) groups excluding carboxylic acids is 2. The Balaban J connectivity index is 1.42. The maximum absolute atomic E-state index is 12.7. The van der Waals surface area contributed by atoms with Crippen LogP contribution in [0.3, 0.4) is 0 Å². The van der Waals surface area contributed by atoms with E-state index in [1.54, 1.807) is 47.5 Å². The predicted octanol–water partition coefficient (Wildman–Crippen LogP) is 2.53. The summed E-state index contributed by atoms with van der Waals surface area (Å²) in [6.45, 7) is 2.03. The van der Waals surface area contributed by atoms with Crippen LogP contribution >= 0.6 is 11.3 Å². The molecular formula is C18H18N4O3S. The Hall–Kier alpha value is -2.87. The molecule has 0 aromatic carbocycles. The lowest BCUT2D eigenvalue weighted by atomic mass is 10.2. The maximum Gasteiger partial charge on any atom is 0.264 e. The van der Waals surface area contributed by atoms with Gasteiger partial charge in [-0.05, 0) is 18.2 Å². The highest BCUT2D eigenvalue weighted by Gasteiger charge is 2.27. The first-order valence-corrected chi connectivity index (χ1v) is 9.17. The molecule has 0 aliphatic carbocycles. The summed E-state index contributed by atoms with van der Waals surface area (Å²) in [6.07, 6.45) is 3.27. The molecule has 26 heavy (non-hydrogen) atoms. The standard InChI is InChI=1S/C18H18N4O3S/c1-19-16-12(3-2-5-20-16)17(23)21-6-8-22(9-7-21)18(24)15-11-13-14(26-15)4-10-25-13/h2-5,10-11H,6-9H2,1H3,(H,19,20). The normalized spacial score (nSPS) is 14.7. The van der Waals surface area contributed by atoms with Crippen molar-refractivity contribution < 1.29 is 14.0 Å². The lowest BCUT2D eigenvalue weighted by Crippen LogP contribution is -2.50. The number of thiophene rings is 1. The van der Waals surface area contributed by atoms with E-state index in [0.717, 1.165) is 10.3 Å². The van der Waals surface area contributed by atoms with E-state index in [1.807, 2.05) is 6.07 Å². The van der Waals surface area contributed by atoms with Gasteiger partial charge < -0.3 is 19.5 Å². The minimum absolute atomic E-state index is 0.00853. The zero-order valence-electron chi connectivity index (χ0n) is 14.3. The number of piperazine rings is 1. The van der Waals surface area contributed by atoms with E-state index in [0.29, 0.717) is 42.4 Å². The molecule has 8 heteroatoms. The van der Waals surface area contributed by atoms with Crippen molar-refractivity contribution in [1.82, 2.24) is 14.8 Å². The molecule has 1 aliphatic rings. The molecule has 1 N–H and O–H groups in total. The number of nitrogens with zero attached hydrogens (tertiary/aromatic N) is 3. The highest BCUT2D eigenvalue weighted by atomic mass is 32.1. The number of pyridine rings is 1. The summed E-state index contributed by atoms with van der Waals surface area (Å²) in [4.78, 5) is 33.8. The molecule has 3 aromatic rings. The van der Waals surface area contributed by atoms with E-state index in [4.69, 9.17) is 4.42 Å². The van der Waals surface area contributed by atoms with Gasteiger partial charge in [-0.25, -0.2) is 4.98 Å². The molecule has 7 nitrogen and oxygen atoms in total. The minimum Gasteiger partial charge on any atom is -0.463 e. The first-order chi connectivity index (χ1) is 12.7. The van der Waals surface area contributed by atoms with Crippen molar-refractivity contribution in [3.63, 3.8) is 0 Å². The summed E-state index contributed by atoms with van der Waals surface area (Å²) in [5.74, 6) is 0.492. The van der Waals surface area contributed by atoms with Crippen LogP contribution in [0.4, 0.5) is 5.82 Å². The van der Waals surface area contributed by atoms with Crippen LogP contribution in [-0.2, 0) is 0 Å². The number of aromatic nitrogens is 1. The molecule has 0 bridgehead atoms. The van der Waals surface area contributed by atoms with E-state index in [1.165, 1.54) is 11.3 Å². The summed E-state index contributed by atoms with van der Waals surface area (Å²) in [7, 11) is 1.74. The number of fused-ring (bicyclic) bond motifs is 1. The van der Waals surface area contributed by atoms with Gasteiger partial charge >= 0.3 is 0 Å². The summed E-state index contributed by atoms with van der Waals surface area (Å²) < 4.78 is 6.30. The fraction of sp³-hybridized carbons (Fsp3) is 0.278. The maximum atomic E-state index is 12.7. The van der Waals surface area contributed by atoms with Crippen molar-refractivity contribution in [2.24, 2.45) is 0 Å². The monoisotopic (exact) mass is 370 g/mol. The Labute approximate surface area is 154 Å². The van der Waals surface area contributed by atoms with Crippen molar-refractivity contribution in [2.75, 3.05) is 38.5 Å². The van der Waals surface area contributed by atoms with Gasteiger partial charge in [0.25, 0.3) is 11.8 Å². The second-order valence-corrected chi connectivity index (χ2v) is 7.08. The summed E-state index contributed by atoms with van der Waals surface area (Å²) in [5.41, 5.74) is 1.29. The third-order valence-corrected chi connectivity index (χ3v) is 5.55. The SMILES string of the molecule is CNc1ncccc1C(=O)N1CCN(C(=O)c2cc3occc3s2)CC1. The Morgan fingerprint density at radius 3 is 2.58 bits per heavy atom. The Morgan fingerprint density at radius 2 is 1.88 bits per heavy atom. The third-order valence-electron chi connectivity index (χ3n) is 4.48. The number of anilines is 1. The topological polar surface area (TPSA) is 78.7 Å². The van der Waals surface area contributed by atoms with Crippen molar-refractivity contribution in [2.45, 2.75) is 0 Å². The van der Waals surface area contributed by atoms with Gasteiger partial charge in [0, 0.05) is 45.5 Å². The number of furan rings is 1. The lowest BCUT2D eigenvalue weighted by molar-refractivity contribution is 0.0538. The number of carbonyl (C=O) groups is 2. The van der Waals surface area contributed by atoms with E-state index in [9.17, 15) is 9.59 Å². The fourth-order valence-electron chi connectivity index (χ4n) is 3.09. The first-order valence-electron chi connectivity index (χ1n) is 8.35. The molecule has 0 spiro atoms. The van der Waals surface area contributed by atoms with Gasteiger partial charge in [-0.15, -0.1) is 11.3 Å². The molecule has 4 heterocycles. The molecule has 1 saturated heterocycles. The predicted molar refractivity (Wildman–Crippen MR) is 99.7 cm³/mol. The van der Waals surface area contributed by atoms with Gasteiger partial charge in [0.15, 0.2) is 0 Å². The highest BCUT2D eigenvalue weighted by molar-refractivity contribution is 7.20. The molecule has 0 atom stereocenters. The summed E-state index contributed by atoms with van der Waals surface area (Å²) in [5, 5.41) is 2.94. The second-order valence-electron chi connectivity index (χ2n) is 5.99. The van der Waals surface area contributed by atoms with E-state index in [-0.39, 0.29) is 11.8 Å². The van der Waals surface area contributed by atoms with Crippen LogP contribution in [0.2, 0.25) is 0 Å². The van der Waals surface area contributed by atoms with E-state index < -0.39 is 0 Å². The fourth-order valence-corrected chi connectivity index (χ4v) is 4.04. The van der Waals surface area contributed by atoms with Crippen molar-refractivity contribution in [3.8, 4) is 0 Å². The van der Waals surface area contributed by atoms with Crippen LogP contribution in [0.1, 0.15) is 20.0 Å². The van der Waals surface area contributed by atoms with Gasteiger partial charge in [-0.2, -0.15) is 0 Å². The number of amides is 2. The van der Waals surface area contributed by atoms with Gasteiger partial charge in [-0.3, -0.25) is 9.59 Å². The average Bonchev–Trinajstić information content (AvgIpc) is 3.29. The van der Waals surface area contributed by atoms with Crippen LogP contribution in [0.5, 0.6) is 0 Å². The smallest absolute Gasteiger partial charge is 0.264 e. The van der Waals surface area contributed by atoms with Gasteiger partial charge in [0.2, 0.25) is 0 Å². The third kappa shape index (κ3) is 2.92. The molecule has 0 radical (unpaired) electrons. The van der Waals surface area contributed by atoms with Crippen molar-refractivity contribution in [3.05, 3.63) is 47.2 Å². The second kappa shape index (κ2) is 6.80. The summed E-state index contributed by atoms with van der Waals surface area (Å²) in [6, 6.07) is 7.16. The average molecular weight is 370 g/mol. The first kappa shape index (κ1) is 16.6. The molecule has 3 aromatic heterocycles. The molecule has 4 rings (SSSR count). The molecule has 0 saturated carbocycles. The van der Waals surface area contributed by atoms with Crippen LogP contribution in [0, 0.1) is 0 Å². The Kier molecular flexibility index (Phi) is 4.34. The lowest BCUT2D eigenvalue weighted by Gasteiger charge is -2.34. The van der Waals surface area contributed by atoms with Crippen molar-refractivity contribution in [1.29, 1.82) is 0 Å². The molecule has 1 fully saturated rings. The van der Waals surface area contributed by atoms with Crippen LogP contribution in [0.25, 0.3) is 10.3 Å². The number of nitrogens with one attached hydrogen (secondary N) is 1. The van der Waals surface area contributed by atoms with E-state index in [2.05, 4.69) is 10.3 Å². The Morgan fingerprint density at radius 1 is 1.15 bits per heavy atom. The zero-order valence-corrected chi connectivity index (χ0v) is 15.1. The zero-order chi connectivity index (χ0) is 18.1. The highest BCUT2D eigenvalue weighted by Crippen LogP contribution is 2.27. The number of hydrogen-bond acceptors (Lipinski definition) is 6. The molecule has 0 unspecified atom stereocenters. The van der Waals surface area contributed by atoms with Gasteiger partial charge in [0.1, 0.15) is 11.4 Å². The number of rotatable bonds is 3. The summed E-state index contributed by atoms with van der Waals surface area (Å²) >= 11 is 1.43. The van der Waals surface area contributed by atoms with Crippen LogP contribution < -0.4 is 5.32 Å². The van der Waals surface area contributed by atoms with Crippen LogP contribution in [0.15, 0.2) is 41.1 Å². The molecule has 2 amide bonds. The molecule has 1 aliphatic heterocycles. The van der Waals surface area contributed by atoms with E-state index >= 15 is 0 Å². The quantitative estimate of drug-likeness (QED) is 0.766. The molecule has 134 valence electrons. The molecular weight excluding hydrogens is 352 g/mol. The van der Waals surface area contributed by atoms with Crippen LogP contribution in [-0.4, -0.2) is 59.8 Å². The Bertz CT molecular complexity index is 928. The van der Waals surface area contributed by atoms with Gasteiger partial charge in [0.05, 0.1) is 21.4 Å². The van der Waals surface area contributed by atoms with Gasteiger partial charge in [-0.1, -0.05) is 0 Å². The van der Waals surface area contributed by atoms with Crippen molar-refractivity contribution >= 4 is 39.3 Å². The number of hydrogen-bond donors (Lipinski definition) is 1. The largest absolute Gasteiger partial charge is 0.463 e. The minimum atomic E-state index is -0.0665.